The van der Waals surface area contributed by atoms with Crippen LogP contribution in [0.2, 0.25) is 0 Å². The predicted octanol–water partition coefficient (Wildman–Crippen LogP) is -0.263. The maximum atomic E-state index is 2.12. The Hall–Kier alpha value is 0.0774. The summed E-state index contributed by atoms with van der Waals surface area (Å²) in [7, 11) is 0. The van der Waals surface area contributed by atoms with Crippen LogP contribution in [0, 0.1) is 6.42 Å². The third kappa shape index (κ3) is 11.6. The Morgan fingerprint density at radius 1 is 1.11 bits per heavy atom. The zero-order chi connectivity index (χ0) is 6.24. The molecule has 0 N–H and O–H groups in total. The van der Waals surface area contributed by atoms with Crippen LogP contribution in [0.15, 0.2) is 24.3 Å². The van der Waals surface area contributed by atoms with Crippen LogP contribution in [0.1, 0.15) is 20.3 Å². The fourth-order valence-corrected chi connectivity index (χ4v) is 0.393. The Labute approximate surface area is 70.2 Å². The van der Waals surface area contributed by atoms with E-state index in [1.165, 1.54) is 0 Å². The molecule has 1 rings (SSSR count). The largest absolute Gasteiger partial charge is 1.00 e. The molecule has 0 saturated heterocycles. The minimum Gasteiger partial charge on any atom is -0.335 e. The second-order valence-corrected chi connectivity index (χ2v) is 1.67. The molecule has 0 saturated carbocycles. The minimum atomic E-state index is 0. The van der Waals surface area contributed by atoms with Crippen LogP contribution < -0.4 is 18.9 Å². The smallest absolute Gasteiger partial charge is 0.335 e. The molecule has 0 aliphatic heterocycles. The van der Waals surface area contributed by atoms with Crippen molar-refractivity contribution in [2.45, 2.75) is 20.3 Å². The molecular weight excluding hydrogens is 103 g/mol. The van der Waals surface area contributed by atoms with Crippen molar-refractivity contribution in [3.63, 3.8) is 0 Å². The van der Waals surface area contributed by atoms with E-state index >= 15 is 0 Å². The zero-order valence-corrected chi connectivity index (χ0v) is 6.59. The van der Waals surface area contributed by atoms with Crippen LogP contribution in [-0.4, -0.2) is 0 Å². The third-order valence-electron chi connectivity index (χ3n) is 0.655. The van der Waals surface area contributed by atoms with E-state index in [1.54, 1.807) is 0 Å². The van der Waals surface area contributed by atoms with Crippen LogP contribution in [0.25, 0.3) is 0 Å². The van der Waals surface area contributed by atoms with E-state index in [0.29, 0.717) is 0 Å². The second-order valence-electron chi connectivity index (χ2n) is 1.67. The molecule has 0 fully saturated rings. The average Bonchev–Trinajstić information content (AvgIpc) is 2.17. The van der Waals surface area contributed by atoms with E-state index in [1.807, 2.05) is 20.3 Å². The molecule has 0 unspecified atom stereocenters. The standard InChI is InChI=1S/C5H6.C3H7.Li/c1-2-4-5-3-1;1-3-2;/h1-4H,5H2;3H,1-2H3;/q;-1;+1. The first-order chi connectivity index (χ1) is 3.91. The monoisotopic (exact) mass is 116 g/mol. The van der Waals surface area contributed by atoms with Crippen LogP contribution in [0.5, 0.6) is 0 Å². The number of hydrogen-bond donors (Lipinski definition) is 0. The molecule has 0 aromatic rings. The predicted molar refractivity (Wildman–Crippen MR) is 38.5 cm³/mol. The molecule has 1 heteroatoms. The Kier molecular flexibility index (Phi) is 14.4. The van der Waals surface area contributed by atoms with Gasteiger partial charge in [0.1, 0.15) is 0 Å². The maximum Gasteiger partial charge on any atom is 1.00 e. The van der Waals surface area contributed by atoms with Gasteiger partial charge in [0.2, 0.25) is 0 Å². The molecule has 9 heavy (non-hydrogen) atoms. The van der Waals surface area contributed by atoms with Gasteiger partial charge in [0, 0.05) is 0 Å². The summed E-state index contributed by atoms with van der Waals surface area (Å²) < 4.78 is 0. The van der Waals surface area contributed by atoms with E-state index in [0.717, 1.165) is 6.42 Å². The van der Waals surface area contributed by atoms with Crippen molar-refractivity contribution in [1.29, 1.82) is 0 Å². The Bertz CT molecular complexity index is 72.6. The summed E-state index contributed by atoms with van der Waals surface area (Å²) in [4.78, 5) is 0. The van der Waals surface area contributed by atoms with Crippen molar-refractivity contribution in [1.82, 2.24) is 0 Å². The molecular formula is C8H13Li. The number of hydrogen-bond acceptors (Lipinski definition) is 0. The van der Waals surface area contributed by atoms with E-state index < -0.39 is 0 Å². The molecule has 0 bridgehead atoms. The van der Waals surface area contributed by atoms with Crippen LogP contribution in [-0.2, 0) is 0 Å². The van der Waals surface area contributed by atoms with Crippen molar-refractivity contribution >= 4 is 0 Å². The molecule has 0 aromatic heterocycles. The molecule has 0 spiro atoms. The molecule has 0 heterocycles. The molecule has 0 nitrogen and oxygen atoms in total. The molecule has 46 valence electrons. The molecule has 0 amide bonds. The fourth-order valence-electron chi connectivity index (χ4n) is 0.393. The van der Waals surface area contributed by atoms with E-state index in [-0.39, 0.29) is 18.9 Å². The topological polar surface area (TPSA) is 0 Å². The molecule has 1 aliphatic carbocycles. The van der Waals surface area contributed by atoms with Crippen molar-refractivity contribution in [3.8, 4) is 0 Å². The van der Waals surface area contributed by atoms with Gasteiger partial charge in [0.15, 0.2) is 0 Å². The average molecular weight is 116 g/mol. The van der Waals surface area contributed by atoms with Gasteiger partial charge in [-0.2, -0.15) is 13.8 Å². The molecule has 0 atom stereocenters. The Morgan fingerprint density at radius 3 is 1.56 bits per heavy atom. The quantitative estimate of drug-likeness (QED) is 0.302. The summed E-state index contributed by atoms with van der Waals surface area (Å²) in [5.74, 6) is 0. The van der Waals surface area contributed by atoms with E-state index in [2.05, 4.69) is 24.3 Å². The van der Waals surface area contributed by atoms with Gasteiger partial charge in [0.05, 0.1) is 0 Å². The Balaban J connectivity index is 0. The number of rotatable bonds is 0. The Morgan fingerprint density at radius 2 is 1.44 bits per heavy atom. The van der Waals surface area contributed by atoms with Crippen molar-refractivity contribution < 1.29 is 18.9 Å². The third-order valence-corrected chi connectivity index (χ3v) is 0.655. The van der Waals surface area contributed by atoms with Gasteiger partial charge in [-0.15, -0.1) is 0 Å². The van der Waals surface area contributed by atoms with Crippen LogP contribution in [0.3, 0.4) is 0 Å². The first-order valence-corrected chi connectivity index (χ1v) is 2.97. The van der Waals surface area contributed by atoms with Crippen LogP contribution >= 0.6 is 0 Å². The van der Waals surface area contributed by atoms with Gasteiger partial charge in [0.25, 0.3) is 0 Å². The molecule has 0 radical (unpaired) electrons. The molecule has 0 aromatic carbocycles. The zero-order valence-electron chi connectivity index (χ0n) is 6.59. The first-order valence-electron chi connectivity index (χ1n) is 2.97. The summed E-state index contributed by atoms with van der Waals surface area (Å²) in [5, 5.41) is 0. The summed E-state index contributed by atoms with van der Waals surface area (Å²) in [6.07, 6.45) is 11.5. The van der Waals surface area contributed by atoms with Gasteiger partial charge < -0.3 is 6.42 Å². The van der Waals surface area contributed by atoms with E-state index in [9.17, 15) is 0 Å². The number of allylic oxidation sites excluding steroid dienone is 4. The normalized spacial score (nSPS) is 11.8. The first kappa shape index (κ1) is 11.8. The summed E-state index contributed by atoms with van der Waals surface area (Å²) >= 11 is 0. The van der Waals surface area contributed by atoms with Gasteiger partial charge in [-0.25, -0.2) is 0 Å². The van der Waals surface area contributed by atoms with Crippen molar-refractivity contribution in [2.75, 3.05) is 0 Å². The van der Waals surface area contributed by atoms with Gasteiger partial charge in [-0.3, -0.25) is 0 Å². The van der Waals surface area contributed by atoms with Crippen LogP contribution in [0.4, 0.5) is 0 Å². The fraction of sp³-hybridized carbons (Fsp3) is 0.375. The summed E-state index contributed by atoms with van der Waals surface area (Å²) in [5.41, 5.74) is 0. The van der Waals surface area contributed by atoms with Gasteiger partial charge in [-0.1, -0.05) is 24.3 Å². The SMILES string of the molecule is C1=CCC=C1.C[CH-]C.[Li+]. The summed E-state index contributed by atoms with van der Waals surface area (Å²) in [6, 6.07) is 0. The minimum absolute atomic E-state index is 0. The van der Waals surface area contributed by atoms with Gasteiger partial charge in [-0.05, 0) is 6.42 Å². The van der Waals surface area contributed by atoms with Crippen molar-refractivity contribution in [2.24, 2.45) is 0 Å². The van der Waals surface area contributed by atoms with E-state index in [4.69, 9.17) is 0 Å². The van der Waals surface area contributed by atoms with Gasteiger partial charge >= 0.3 is 18.9 Å². The molecule has 1 aliphatic rings. The maximum absolute atomic E-state index is 2.12. The summed E-state index contributed by atoms with van der Waals surface area (Å²) in [6.45, 7) is 4.00. The second kappa shape index (κ2) is 11.0. The van der Waals surface area contributed by atoms with Crippen molar-refractivity contribution in [3.05, 3.63) is 30.7 Å².